The van der Waals surface area contributed by atoms with E-state index in [4.69, 9.17) is 102 Å². The molecule has 1 aliphatic rings. The molecule has 0 unspecified atom stereocenters. The third-order valence-electron chi connectivity index (χ3n) is 6.45. The molecule has 0 aliphatic heterocycles. The molecule has 12 heteroatoms. The van der Waals surface area contributed by atoms with E-state index in [1.807, 2.05) is 48.5 Å². The Bertz CT molecular complexity index is 1290. The SMILES string of the molecule is Clc1cc(Cl)cc(P(O[C@@H]2CCCC[C@H]2OP(c2cc(Cl)cc(Cl)c2)c2cc(Cl)cc(Cl)c2)c2cc(Cl)cc(Cl)c2)c1. The van der Waals surface area contributed by atoms with Crippen LogP contribution in [0.4, 0.5) is 0 Å². The Hall–Kier alpha value is -0.0200. The molecule has 0 saturated heterocycles. The average molecular weight is 760 g/mol. The van der Waals surface area contributed by atoms with Crippen LogP contribution in [0, 0.1) is 0 Å². The maximum Gasteiger partial charge on any atom is 0.0925 e. The number of hydrogen-bond donors (Lipinski definition) is 0. The van der Waals surface area contributed by atoms with Crippen molar-refractivity contribution in [2.24, 2.45) is 0 Å². The molecule has 1 saturated carbocycles. The van der Waals surface area contributed by atoms with Crippen molar-refractivity contribution in [1.82, 2.24) is 0 Å². The third-order valence-corrected chi connectivity index (χ3v) is 12.1. The first-order chi connectivity index (χ1) is 20.0. The summed E-state index contributed by atoms with van der Waals surface area (Å²) in [6.07, 6.45) is 3.06. The predicted octanol–water partition coefficient (Wildman–Crippen LogP) is 11.7. The zero-order valence-electron chi connectivity index (χ0n) is 21.6. The molecule has 0 N–H and O–H groups in total. The molecular weight excluding hydrogens is 738 g/mol. The molecule has 0 spiro atoms. The summed E-state index contributed by atoms with van der Waals surface area (Å²) in [6, 6.07) is 21.7. The molecular formula is C30H22Cl8O2P2. The first-order valence-electron chi connectivity index (χ1n) is 12.8. The van der Waals surface area contributed by atoms with Gasteiger partial charge in [-0.05, 0) is 85.6 Å². The smallest absolute Gasteiger partial charge is 0.0925 e. The van der Waals surface area contributed by atoms with Crippen molar-refractivity contribution in [1.29, 1.82) is 0 Å². The molecule has 220 valence electrons. The summed E-state index contributed by atoms with van der Waals surface area (Å²) in [7, 11) is -2.83. The van der Waals surface area contributed by atoms with E-state index in [2.05, 4.69) is 0 Å². The van der Waals surface area contributed by atoms with Gasteiger partial charge in [-0.3, -0.25) is 0 Å². The first kappa shape index (κ1) is 33.3. The van der Waals surface area contributed by atoms with Crippen LogP contribution in [0.2, 0.25) is 40.2 Å². The minimum Gasteiger partial charge on any atom is -0.344 e. The molecule has 2 nitrogen and oxygen atoms in total. The van der Waals surface area contributed by atoms with Crippen molar-refractivity contribution in [3.05, 3.63) is 113 Å². The molecule has 2 atom stereocenters. The van der Waals surface area contributed by atoms with Gasteiger partial charge in [0.2, 0.25) is 0 Å². The van der Waals surface area contributed by atoms with Gasteiger partial charge in [0.1, 0.15) is 0 Å². The number of halogens is 8. The molecule has 0 radical (unpaired) electrons. The maximum absolute atomic E-state index is 6.98. The molecule has 0 bridgehead atoms. The van der Waals surface area contributed by atoms with Crippen LogP contribution in [0.15, 0.2) is 72.8 Å². The number of rotatable bonds is 8. The standard InChI is InChI=1S/C30H22Cl8O2P2/c31-17-5-18(32)10-25(9-17)41(26-11-19(33)6-20(34)12-26)39-29-3-1-2-4-30(29)40-42(27-13-21(35)7-22(36)14-27)28-15-23(37)8-24(38)16-28/h5-16,29-30H,1-4H2/t29-,30-/m1/s1. The lowest BCUT2D eigenvalue weighted by Crippen LogP contribution is -2.36. The molecule has 1 aliphatic carbocycles. The average Bonchev–Trinajstić information content (AvgIpc) is 2.88. The summed E-state index contributed by atoms with van der Waals surface area (Å²) in [4.78, 5) is 0. The van der Waals surface area contributed by atoms with Gasteiger partial charge < -0.3 is 9.05 Å². The zero-order valence-corrected chi connectivity index (χ0v) is 29.5. The Labute approximate surface area is 288 Å². The second kappa shape index (κ2) is 15.0. The summed E-state index contributed by atoms with van der Waals surface area (Å²) in [5.74, 6) is 0. The van der Waals surface area contributed by atoms with Crippen LogP contribution < -0.4 is 21.2 Å². The Kier molecular flexibility index (Phi) is 11.9. The van der Waals surface area contributed by atoms with Crippen molar-refractivity contribution >= 4 is 130 Å². The predicted molar refractivity (Wildman–Crippen MR) is 186 cm³/mol. The Morgan fingerprint density at radius 1 is 0.381 bits per heavy atom. The van der Waals surface area contributed by atoms with Crippen molar-refractivity contribution < 1.29 is 9.05 Å². The molecule has 42 heavy (non-hydrogen) atoms. The molecule has 0 amide bonds. The van der Waals surface area contributed by atoms with Gasteiger partial charge in [0.25, 0.3) is 0 Å². The van der Waals surface area contributed by atoms with E-state index in [0.29, 0.717) is 40.2 Å². The van der Waals surface area contributed by atoms with E-state index in [1.165, 1.54) is 0 Å². The van der Waals surface area contributed by atoms with Crippen molar-refractivity contribution in [3.8, 4) is 0 Å². The van der Waals surface area contributed by atoms with E-state index in [1.54, 1.807) is 24.3 Å². The molecule has 0 heterocycles. The Morgan fingerprint density at radius 2 is 0.595 bits per heavy atom. The molecule has 0 aromatic heterocycles. The Morgan fingerprint density at radius 3 is 0.810 bits per heavy atom. The lowest BCUT2D eigenvalue weighted by molar-refractivity contribution is 0.0414. The highest BCUT2D eigenvalue weighted by atomic mass is 35.5. The molecule has 4 aromatic rings. The van der Waals surface area contributed by atoms with Crippen LogP contribution in [0.3, 0.4) is 0 Å². The summed E-state index contributed by atoms with van der Waals surface area (Å²) >= 11 is 51.4. The largest absolute Gasteiger partial charge is 0.344 e. The normalized spacial score (nSPS) is 17.3. The monoisotopic (exact) mass is 756 g/mol. The molecule has 1 fully saturated rings. The fraction of sp³-hybridized carbons (Fsp3) is 0.200. The summed E-state index contributed by atoms with van der Waals surface area (Å²) in [6.45, 7) is 0. The maximum atomic E-state index is 6.98. The fourth-order valence-corrected chi connectivity index (χ4v) is 11.6. The number of benzene rings is 4. The molecule has 4 aromatic carbocycles. The van der Waals surface area contributed by atoms with E-state index in [0.717, 1.165) is 46.9 Å². The van der Waals surface area contributed by atoms with Crippen LogP contribution in [-0.4, -0.2) is 12.2 Å². The van der Waals surface area contributed by atoms with E-state index in [-0.39, 0.29) is 12.2 Å². The highest BCUT2D eigenvalue weighted by Gasteiger charge is 2.34. The molecule has 5 rings (SSSR count). The van der Waals surface area contributed by atoms with Crippen molar-refractivity contribution in [3.63, 3.8) is 0 Å². The highest BCUT2D eigenvalue weighted by molar-refractivity contribution is 7.69. The van der Waals surface area contributed by atoms with Gasteiger partial charge in [0.05, 0.1) is 28.5 Å². The second-order valence-corrected chi connectivity index (χ2v) is 16.8. The second-order valence-electron chi connectivity index (χ2n) is 9.67. The van der Waals surface area contributed by atoms with Gasteiger partial charge in [0.15, 0.2) is 0 Å². The highest BCUT2D eigenvalue weighted by Crippen LogP contribution is 2.47. The van der Waals surface area contributed by atoms with Gasteiger partial charge in [0, 0.05) is 61.4 Å². The zero-order chi connectivity index (χ0) is 30.0. The third kappa shape index (κ3) is 8.82. The summed E-state index contributed by atoms with van der Waals surface area (Å²) in [5, 5.41) is 7.46. The minimum absolute atomic E-state index is 0.255. The van der Waals surface area contributed by atoms with E-state index < -0.39 is 16.3 Å². The van der Waals surface area contributed by atoms with Crippen molar-refractivity contribution in [2.45, 2.75) is 37.9 Å². The van der Waals surface area contributed by atoms with Crippen LogP contribution in [-0.2, 0) is 9.05 Å². The lowest BCUT2D eigenvalue weighted by Gasteiger charge is -2.36. The first-order valence-corrected chi connectivity index (χ1v) is 18.4. The van der Waals surface area contributed by atoms with Crippen LogP contribution in [0.1, 0.15) is 25.7 Å². The van der Waals surface area contributed by atoms with Gasteiger partial charge in [-0.2, -0.15) is 0 Å². The Balaban J connectivity index is 1.53. The van der Waals surface area contributed by atoms with Crippen LogP contribution in [0.5, 0.6) is 0 Å². The lowest BCUT2D eigenvalue weighted by atomic mass is 9.95. The van der Waals surface area contributed by atoms with Crippen molar-refractivity contribution in [2.75, 3.05) is 0 Å². The fourth-order valence-electron chi connectivity index (χ4n) is 4.74. The van der Waals surface area contributed by atoms with Crippen LogP contribution >= 0.6 is 109 Å². The van der Waals surface area contributed by atoms with Gasteiger partial charge >= 0.3 is 0 Å². The van der Waals surface area contributed by atoms with E-state index in [9.17, 15) is 0 Å². The summed E-state index contributed by atoms with van der Waals surface area (Å²) < 4.78 is 14.0. The van der Waals surface area contributed by atoms with Gasteiger partial charge in [-0.1, -0.05) is 106 Å². The minimum atomic E-state index is -1.41. The van der Waals surface area contributed by atoms with Gasteiger partial charge in [-0.15, -0.1) is 0 Å². The van der Waals surface area contributed by atoms with E-state index >= 15 is 0 Å². The van der Waals surface area contributed by atoms with Crippen LogP contribution in [0.25, 0.3) is 0 Å². The topological polar surface area (TPSA) is 18.5 Å². The number of hydrogen-bond acceptors (Lipinski definition) is 2. The van der Waals surface area contributed by atoms with Gasteiger partial charge in [-0.25, -0.2) is 0 Å². The summed E-state index contributed by atoms with van der Waals surface area (Å²) in [5.41, 5.74) is 0. The quantitative estimate of drug-likeness (QED) is 0.167.